The SMILES string of the molecule is CN(Cc1ccc(F)cc1)C(=O)COC(=O)c1ccc(N2C(=O)CCC2=O)cc1. The molecular weight excluding hydrogens is 379 g/mol. The lowest BCUT2D eigenvalue weighted by atomic mass is 10.2. The molecule has 0 unspecified atom stereocenters. The Morgan fingerprint density at radius 1 is 1.00 bits per heavy atom. The van der Waals surface area contributed by atoms with Crippen LogP contribution in [0.25, 0.3) is 0 Å². The third-order valence-corrected chi connectivity index (χ3v) is 4.50. The van der Waals surface area contributed by atoms with Gasteiger partial charge in [0.05, 0.1) is 11.3 Å². The monoisotopic (exact) mass is 398 g/mol. The molecule has 2 aromatic carbocycles. The van der Waals surface area contributed by atoms with Crippen LogP contribution in [0.15, 0.2) is 48.5 Å². The van der Waals surface area contributed by atoms with E-state index in [9.17, 15) is 23.6 Å². The lowest BCUT2D eigenvalue weighted by Gasteiger charge is -2.17. The summed E-state index contributed by atoms with van der Waals surface area (Å²) in [5, 5.41) is 0. The Morgan fingerprint density at radius 2 is 1.59 bits per heavy atom. The summed E-state index contributed by atoms with van der Waals surface area (Å²) in [6.07, 6.45) is 0.354. The molecule has 8 heteroatoms. The zero-order valence-electron chi connectivity index (χ0n) is 15.8. The van der Waals surface area contributed by atoms with Gasteiger partial charge in [0, 0.05) is 26.4 Å². The number of amides is 3. The first-order valence-electron chi connectivity index (χ1n) is 8.96. The van der Waals surface area contributed by atoms with Crippen LogP contribution >= 0.6 is 0 Å². The van der Waals surface area contributed by atoms with Crippen molar-refractivity contribution in [2.45, 2.75) is 19.4 Å². The summed E-state index contributed by atoms with van der Waals surface area (Å²) in [6.45, 7) is -0.190. The highest BCUT2D eigenvalue weighted by molar-refractivity contribution is 6.19. The number of carbonyl (C=O) groups excluding carboxylic acids is 4. The normalized spacial score (nSPS) is 13.5. The van der Waals surface area contributed by atoms with E-state index in [1.807, 2.05) is 0 Å². The molecule has 0 atom stereocenters. The van der Waals surface area contributed by atoms with Gasteiger partial charge in [-0.1, -0.05) is 12.1 Å². The average Bonchev–Trinajstić information content (AvgIpc) is 3.05. The molecule has 1 fully saturated rings. The molecule has 1 aliphatic heterocycles. The molecule has 150 valence electrons. The van der Waals surface area contributed by atoms with Crippen molar-refractivity contribution < 1.29 is 28.3 Å². The minimum Gasteiger partial charge on any atom is -0.452 e. The van der Waals surface area contributed by atoms with Crippen LogP contribution in [0.5, 0.6) is 0 Å². The maximum Gasteiger partial charge on any atom is 0.338 e. The molecule has 29 heavy (non-hydrogen) atoms. The maximum atomic E-state index is 12.9. The predicted molar refractivity (Wildman–Crippen MR) is 101 cm³/mol. The number of ether oxygens (including phenoxy) is 1. The largest absolute Gasteiger partial charge is 0.452 e. The molecule has 1 aliphatic rings. The Labute approximate surface area is 166 Å². The van der Waals surface area contributed by atoms with Gasteiger partial charge in [-0.15, -0.1) is 0 Å². The van der Waals surface area contributed by atoms with Crippen molar-refractivity contribution in [3.8, 4) is 0 Å². The van der Waals surface area contributed by atoms with E-state index in [4.69, 9.17) is 4.74 Å². The Kier molecular flexibility index (Phi) is 6.01. The number of benzene rings is 2. The summed E-state index contributed by atoms with van der Waals surface area (Å²) < 4.78 is 18.0. The first-order valence-corrected chi connectivity index (χ1v) is 8.96. The number of halogens is 1. The fraction of sp³-hybridized carbons (Fsp3) is 0.238. The summed E-state index contributed by atoms with van der Waals surface area (Å²) in [5.41, 5.74) is 1.33. The molecule has 7 nitrogen and oxygen atoms in total. The lowest BCUT2D eigenvalue weighted by molar-refractivity contribution is -0.133. The van der Waals surface area contributed by atoms with E-state index in [0.717, 1.165) is 10.5 Å². The fourth-order valence-electron chi connectivity index (χ4n) is 2.88. The van der Waals surface area contributed by atoms with E-state index in [2.05, 4.69) is 0 Å². The van der Waals surface area contributed by atoms with Crippen molar-refractivity contribution in [1.29, 1.82) is 0 Å². The highest BCUT2D eigenvalue weighted by Gasteiger charge is 2.30. The molecule has 0 bridgehead atoms. The van der Waals surface area contributed by atoms with Crippen LogP contribution in [-0.4, -0.2) is 42.2 Å². The number of hydrogen-bond acceptors (Lipinski definition) is 5. The topological polar surface area (TPSA) is 84.0 Å². The van der Waals surface area contributed by atoms with Crippen molar-refractivity contribution in [3.05, 3.63) is 65.5 Å². The van der Waals surface area contributed by atoms with E-state index in [-0.39, 0.29) is 42.6 Å². The number of nitrogens with zero attached hydrogens (tertiary/aromatic N) is 2. The second-order valence-corrected chi connectivity index (χ2v) is 6.62. The Balaban J connectivity index is 1.53. The van der Waals surface area contributed by atoms with Crippen molar-refractivity contribution in [2.75, 3.05) is 18.6 Å². The Bertz CT molecular complexity index is 925. The molecule has 0 aliphatic carbocycles. The lowest BCUT2D eigenvalue weighted by Crippen LogP contribution is -2.31. The summed E-state index contributed by atoms with van der Waals surface area (Å²) >= 11 is 0. The summed E-state index contributed by atoms with van der Waals surface area (Å²) in [6, 6.07) is 11.6. The van der Waals surface area contributed by atoms with Crippen LogP contribution in [0.1, 0.15) is 28.8 Å². The van der Waals surface area contributed by atoms with Gasteiger partial charge in [0.2, 0.25) is 11.8 Å². The third-order valence-electron chi connectivity index (χ3n) is 4.50. The molecule has 2 aromatic rings. The van der Waals surface area contributed by atoms with E-state index < -0.39 is 18.5 Å². The van der Waals surface area contributed by atoms with Crippen molar-refractivity contribution in [1.82, 2.24) is 4.90 Å². The van der Waals surface area contributed by atoms with Gasteiger partial charge in [-0.2, -0.15) is 0 Å². The van der Waals surface area contributed by atoms with Gasteiger partial charge in [-0.05, 0) is 42.0 Å². The molecule has 3 rings (SSSR count). The number of esters is 1. The molecule has 1 saturated heterocycles. The molecule has 0 saturated carbocycles. The van der Waals surface area contributed by atoms with Crippen LogP contribution in [0.4, 0.5) is 10.1 Å². The molecule has 0 radical (unpaired) electrons. The predicted octanol–water partition coefficient (Wildman–Crippen LogP) is 2.29. The molecule has 0 N–H and O–H groups in total. The number of likely N-dealkylation sites (N-methyl/N-ethyl adjacent to an activating group) is 1. The van der Waals surface area contributed by atoms with E-state index in [1.165, 1.54) is 41.3 Å². The minimum atomic E-state index is -0.695. The molecule has 1 heterocycles. The number of hydrogen-bond donors (Lipinski definition) is 0. The van der Waals surface area contributed by atoms with Crippen LogP contribution in [0.2, 0.25) is 0 Å². The second kappa shape index (κ2) is 8.64. The zero-order valence-corrected chi connectivity index (χ0v) is 15.8. The molecule has 0 spiro atoms. The minimum absolute atomic E-state index is 0.177. The van der Waals surface area contributed by atoms with Gasteiger partial charge < -0.3 is 9.64 Å². The zero-order chi connectivity index (χ0) is 21.0. The molecule has 3 amide bonds. The van der Waals surface area contributed by atoms with Crippen molar-refractivity contribution in [3.63, 3.8) is 0 Å². The smallest absolute Gasteiger partial charge is 0.338 e. The number of imide groups is 1. The average molecular weight is 398 g/mol. The first-order chi connectivity index (χ1) is 13.8. The quantitative estimate of drug-likeness (QED) is 0.551. The van der Waals surface area contributed by atoms with E-state index in [1.54, 1.807) is 19.2 Å². The first kappa shape index (κ1) is 20.2. The molecule has 0 aromatic heterocycles. The van der Waals surface area contributed by atoms with Gasteiger partial charge in [0.1, 0.15) is 5.82 Å². The number of carbonyl (C=O) groups is 4. The van der Waals surface area contributed by atoms with Crippen LogP contribution in [0, 0.1) is 5.82 Å². The van der Waals surface area contributed by atoms with Crippen LogP contribution in [0.3, 0.4) is 0 Å². The van der Waals surface area contributed by atoms with Crippen molar-refractivity contribution in [2.24, 2.45) is 0 Å². The summed E-state index contributed by atoms with van der Waals surface area (Å²) in [4.78, 5) is 50.2. The van der Waals surface area contributed by atoms with E-state index >= 15 is 0 Å². The molecular formula is C21H19FN2O5. The Morgan fingerprint density at radius 3 is 2.17 bits per heavy atom. The fourth-order valence-corrected chi connectivity index (χ4v) is 2.88. The van der Waals surface area contributed by atoms with Crippen LogP contribution < -0.4 is 4.90 Å². The Hall–Kier alpha value is -3.55. The van der Waals surface area contributed by atoms with Crippen LogP contribution in [-0.2, 0) is 25.7 Å². The standard InChI is InChI=1S/C21H19FN2O5/c1-23(12-14-2-6-16(22)7-3-14)20(27)13-29-21(28)15-4-8-17(9-5-15)24-18(25)10-11-19(24)26/h2-9H,10-13H2,1H3. The van der Waals surface area contributed by atoms with Crippen molar-refractivity contribution >= 4 is 29.4 Å². The summed E-state index contributed by atoms with van der Waals surface area (Å²) in [7, 11) is 1.55. The number of anilines is 1. The van der Waals surface area contributed by atoms with Gasteiger partial charge in [0.25, 0.3) is 5.91 Å². The highest BCUT2D eigenvalue weighted by Crippen LogP contribution is 2.23. The van der Waals surface area contributed by atoms with E-state index in [0.29, 0.717) is 5.69 Å². The van der Waals surface area contributed by atoms with Gasteiger partial charge in [-0.3, -0.25) is 19.3 Å². The third kappa shape index (κ3) is 4.84. The maximum absolute atomic E-state index is 12.9. The summed E-state index contributed by atoms with van der Waals surface area (Å²) in [5.74, 6) is -2.02. The van der Waals surface area contributed by atoms with Gasteiger partial charge in [0.15, 0.2) is 6.61 Å². The highest BCUT2D eigenvalue weighted by atomic mass is 19.1. The van der Waals surface area contributed by atoms with Gasteiger partial charge in [-0.25, -0.2) is 9.18 Å². The van der Waals surface area contributed by atoms with Gasteiger partial charge >= 0.3 is 5.97 Å². The number of rotatable bonds is 6. The second-order valence-electron chi connectivity index (χ2n) is 6.62.